The molecular weight excluding hydrogens is 452 g/mol. The van der Waals surface area contributed by atoms with Crippen LogP contribution in [0, 0.1) is 0 Å². The van der Waals surface area contributed by atoms with Crippen molar-refractivity contribution in [2.45, 2.75) is 4.90 Å². The molecule has 0 radical (unpaired) electrons. The number of halogens is 1. The summed E-state index contributed by atoms with van der Waals surface area (Å²) in [6.07, 6.45) is 1.60. The van der Waals surface area contributed by atoms with Crippen LogP contribution >= 0.6 is 27.3 Å². The number of sulfonamides is 1. The van der Waals surface area contributed by atoms with Gasteiger partial charge in [0.15, 0.2) is 0 Å². The SMILES string of the molecule is O=C(CN1CCN(S(=O)(=O)c2ccc(Br)cc2)CC1)N/N=C\c1cccs1. The first kappa shape index (κ1) is 20.2. The summed E-state index contributed by atoms with van der Waals surface area (Å²) >= 11 is 4.84. The van der Waals surface area contributed by atoms with Gasteiger partial charge in [0.2, 0.25) is 10.0 Å². The molecule has 27 heavy (non-hydrogen) atoms. The molecule has 10 heteroatoms. The van der Waals surface area contributed by atoms with Crippen LogP contribution in [0.5, 0.6) is 0 Å². The zero-order valence-electron chi connectivity index (χ0n) is 14.4. The predicted octanol–water partition coefficient (Wildman–Crippen LogP) is 1.97. The minimum absolute atomic E-state index is 0.188. The Hall–Kier alpha value is -1.59. The van der Waals surface area contributed by atoms with Crippen molar-refractivity contribution in [1.29, 1.82) is 0 Å². The van der Waals surface area contributed by atoms with Gasteiger partial charge in [-0.05, 0) is 35.7 Å². The molecule has 0 bridgehead atoms. The van der Waals surface area contributed by atoms with Crippen molar-refractivity contribution in [2.75, 3.05) is 32.7 Å². The van der Waals surface area contributed by atoms with Crippen LogP contribution in [0.15, 0.2) is 56.2 Å². The van der Waals surface area contributed by atoms with Crippen LogP contribution < -0.4 is 5.43 Å². The number of rotatable bonds is 6. The predicted molar refractivity (Wildman–Crippen MR) is 109 cm³/mol. The van der Waals surface area contributed by atoms with Crippen LogP contribution in [0.25, 0.3) is 0 Å². The largest absolute Gasteiger partial charge is 0.292 e. The first-order chi connectivity index (χ1) is 12.9. The highest BCUT2D eigenvalue weighted by molar-refractivity contribution is 9.10. The topological polar surface area (TPSA) is 82.1 Å². The maximum atomic E-state index is 12.7. The highest BCUT2D eigenvalue weighted by Gasteiger charge is 2.28. The van der Waals surface area contributed by atoms with Gasteiger partial charge < -0.3 is 0 Å². The summed E-state index contributed by atoms with van der Waals surface area (Å²) < 4.78 is 27.6. The standard InChI is InChI=1S/C17H19BrN4O3S2/c18-14-3-5-16(6-4-14)27(24,25)22-9-7-21(8-10-22)13-17(23)20-19-12-15-2-1-11-26-15/h1-6,11-12H,7-10,13H2,(H,20,23)/b19-12-. The number of hydrazone groups is 1. The zero-order valence-corrected chi connectivity index (χ0v) is 17.6. The van der Waals surface area contributed by atoms with E-state index in [4.69, 9.17) is 0 Å². The van der Waals surface area contributed by atoms with Gasteiger partial charge in [0.1, 0.15) is 0 Å². The molecule has 0 saturated carbocycles. The fourth-order valence-corrected chi connectivity index (χ4v) is 4.93. The lowest BCUT2D eigenvalue weighted by atomic mass is 10.3. The molecule has 1 amide bonds. The molecule has 1 aliphatic heterocycles. The Morgan fingerprint density at radius 1 is 1.19 bits per heavy atom. The third-order valence-electron chi connectivity index (χ3n) is 4.07. The summed E-state index contributed by atoms with van der Waals surface area (Å²) in [5.74, 6) is -0.216. The third kappa shape index (κ3) is 5.45. The number of carbonyl (C=O) groups is 1. The molecule has 2 aromatic rings. The Labute approximate surface area is 170 Å². The quantitative estimate of drug-likeness (QED) is 0.516. The Morgan fingerprint density at radius 2 is 1.89 bits per heavy atom. The number of nitrogens with one attached hydrogen (secondary N) is 1. The van der Waals surface area contributed by atoms with Crippen LogP contribution in [0.4, 0.5) is 0 Å². The van der Waals surface area contributed by atoms with Crippen molar-refractivity contribution in [2.24, 2.45) is 5.10 Å². The fraction of sp³-hybridized carbons (Fsp3) is 0.294. The van der Waals surface area contributed by atoms with E-state index in [1.807, 2.05) is 22.4 Å². The van der Waals surface area contributed by atoms with Gasteiger partial charge in [0.25, 0.3) is 5.91 Å². The van der Waals surface area contributed by atoms with Crippen molar-refractivity contribution in [3.8, 4) is 0 Å². The van der Waals surface area contributed by atoms with Crippen LogP contribution in [0.2, 0.25) is 0 Å². The van der Waals surface area contributed by atoms with E-state index in [0.29, 0.717) is 26.2 Å². The van der Waals surface area contributed by atoms with Gasteiger partial charge in [-0.15, -0.1) is 11.3 Å². The van der Waals surface area contributed by atoms with E-state index in [-0.39, 0.29) is 17.3 Å². The minimum atomic E-state index is -3.51. The van der Waals surface area contributed by atoms with Crippen molar-refractivity contribution in [3.05, 3.63) is 51.1 Å². The Morgan fingerprint density at radius 3 is 2.52 bits per heavy atom. The second-order valence-corrected chi connectivity index (χ2v) is 9.78. The van der Waals surface area contributed by atoms with Crippen molar-refractivity contribution in [3.63, 3.8) is 0 Å². The molecule has 2 heterocycles. The first-order valence-electron chi connectivity index (χ1n) is 8.28. The monoisotopic (exact) mass is 470 g/mol. The molecular formula is C17H19BrN4O3S2. The van der Waals surface area contributed by atoms with Gasteiger partial charge in [-0.1, -0.05) is 22.0 Å². The second kappa shape index (κ2) is 9.07. The van der Waals surface area contributed by atoms with E-state index in [1.165, 1.54) is 15.6 Å². The highest BCUT2D eigenvalue weighted by atomic mass is 79.9. The molecule has 0 unspecified atom stereocenters. The molecule has 144 valence electrons. The number of benzene rings is 1. The summed E-state index contributed by atoms with van der Waals surface area (Å²) in [6, 6.07) is 10.4. The number of nitrogens with zero attached hydrogens (tertiary/aromatic N) is 3. The van der Waals surface area contributed by atoms with Crippen LogP contribution in [-0.4, -0.2) is 62.5 Å². The summed E-state index contributed by atoms with van der Waals surface area (Å²) in [5, 5.41) is 5.86. The number of piperazine rings is 1. The van der Waals surface area contributed by atoms with Crippen LogP contribution in [0.1, 0.15) is 4.88 Å². The van der Waals surface area contributed by atoms with Gasteiger partial charge >= 0.3 is 0 Å². The van der Waals surface area contributed by atoms with Gasteiger partial charge in [0.05, 0.1) is 17.7 Å². The molecule has 0 atom stereocenters. The molecule has 7 nitrogen and oxygen atoms in total. The summed E-state index contributed by atoms with van der Waals surface area (Å²) in [5.41, 5.74) is 2.50. The summed E-state index contributed by atoms with van der Waals surface area (Å²) in [6.45, 7) is 1.89. The highest BCUT2D eigenvalue weighted by Crippen LogP contribution is 2.20. The molecule has 0 aliphatic carbocycles. The Bertz CT molecular complexity index is 891. The third-order valence-corrected chi connectivity index (χ3v) is 7.32. The lowest BCUT2D eigenvalue weighted by Gasteiger charge is -2.33. The van der Waals surface area contributed by atoms with E-state index in [2.05, 4.69) is 26.5 Å². The van der Waals surface area contributed by atoms with E-state index in [0.717, 1.165) is 9.35 Å². The molecule has 1 aromatic heterocycles. The maximum absolute atomic E-state index is 12.7. The minimum Gasteiger partial charge on any atom is -0.292 e. The van der Waals surface area contributed by atoms with Crippen LogP contribution in [-0.2, 0) is 14.8 Å². The van der Waals surface area contributed by atoms with Gasteiger partial charge in [-0.3, -0.25) is 9.69 Å². The van der Waals surface area contributed by atoms with E-state index >= 15 is 0 Å². The lowest BCUT2D eigenvalue weighted by molar-refractivity contribution is -0.122. The average Bonchev–Trinajstić information content (AvgIpc) is 3.16. The van der Waals surface area contributed by atoms with Gasteiger partial charge in [-0.25, -0.2) is 13.8 Å². The van der Waals surface area contributed by atoms with Crippen molar-refractivity contribution < 1.29 is 13.2 Å². The lowest BCUT2D eigenvalue weighted by Crippen LogP contribution is -2.50. The summed E-state index contributed by atoms with van der Waals surface area (Å²) in [7, 11) is -3.51. The number of hydrogen-bond acceptors (Lipinski definition) is 6. The number of carbonyl (C=O) groups excluding carboxylic acids is 1. The Kier molecular flexibility index (Phi) is 6.77. The Balaban J connectivity index is 1.48. The van der Waals surface area contributed by atoms with Gasteiger partial charge in [-0.2, -0.15) is 9.41 Å². The normalized spacial score (nSPS) is 16.6. The molecule has 1 aliphatic rings. The van der Waals surface area contributed by atoms with E-state index in [9.17, 15) is 13.2 Å². The number of amides is 1. The fourth-order valence-electron chi connectivity index (χ4n) is 2.65. The van der Waals surface area contributed by atoms with Crippen molar-refractivity contribution in [1.82, 2.24) is 14.6 Å². The van der Waals surface area contributed by atoms with Crippen molar-refractivity contribution >= 4 is 49.4 Å². The molecule has 0 spiro atoms. The van der Waals surface area contributed by atoms with E-state index in [1.54, 1.807) is 30.5 Å². The number of thiophene rings is 1. The smallest absolute Gasteiger partial charge is 0.254 e. The first-order valence-corrected chi connectivity index (χ1v) is 11.4. The molecule has 1 fully saturated rings. The average molecular weight is 471 g/mol. The molecule has 1 aromatic carbocycles. The van der Waals surface area contributed by atoms with Crippen LogP contribution in [0.3, 0.4) is 0 Å². The zero-order chi connectivity index (χ0) is 19.3. The molecule has 1 saturated heterocycles. The molecule has 3 rings (SSSR count). The molecule has 1 N–H and O–H groups in total. The van der Waals surface area contributed by atoms with Gasteiger partial charge in [0, 0.05) is 35.5 Å². The number of hydrogen-bond donors (Lipinski definition) is 1. The van der Waals surface area contributed by atoms with E-state index < -0.39 is 10.0 Å². The summed E-state index contributed by atoms with van der Waals surface area (Å²) in [4.78, 5) is 15.1. The maximum Gasteiger partial charge on any atom is 0.254 e. The second-order valence-electron chi connectivity index (χ2n) is 5.94.